The molecule has 1 aromatic carbocycles. The minimum absolute atomic E-state index is 0.0368. The Labute approximate surface area is 119 Å². The molecule has 0 heterocycles. The van der Waals surface area contributed by atoms with E-state index in [1.807, 2.05) is 0 Å². The molecule has 0 spiro atoms. The van der Waals surface area contributed by atoms with Gasteiger partial charge in [0.25, 0.3) is 0 Å². The molecule has 0 aliphatic heterocycles. The van der Waals surface area contributed by atoms with E-state index in [0.29, 0.717) is 12.8 Å². The van der Waals surface area contributed by atoms with Gasteiger partial charge < -0.3 is 14.6 Å². The van der Waals surface area contributed by atoms with E-state index in [0.717, 1.165) is 13.2 Å². The van der Waals surface area contributed by atoms with Crippen LogP contribution in [0.4, 0.5) is 13.2 Å². The van der Waals surface area contributed by atoms with Gasteiger partial charge in [-0.2, -0.15) is 13.2 Å². The molecule has 1 N–H and O–H groups in total. The Morgan fingerprint density at radius 1 is 1.29 bits per heavy atom. The molecule has 4 nitrogen and oxygen atoms in total. The SMILES string of the molecule is COc1cc(C(F)(F)F)c(OC)c(C2(CC(=O)O)CC2)c1. The first-order valence-electron chi connectivity index (χ1n) is 6.29. The first kappa shape index (κ1) is 15.5. The zero-order valence-corrected chi connectivity index (χ0v) is 11.6. The van der Waals surface area contributed by atoms with Gasteiger partial charge in [0.15, 0.2) is 0 Å². The lowest BCUT2D eigenvalue weighted by atomic mass is 9.89. The summed E-state index contributed by atoms with van der Waals surface area (Å²) in [6.07, 6.45) is -3.80. The second-order valence-corrected chi connectivity index (χ2v) is 5.10. The molecular weight excluding hydrogens is 289 g/mol. The van der Waals surface area contributed by atoms with Crippen LogP contribution in [0.1, 0.15) is 30.4 Å². The van der Waals surface area contributed by atoms with E-state index in [2.05, 4.69) is 0 Å². The number of hydrogen-bond donors (Lipinski definition) is 1. The van der Waals surface area contributed by atoms with Gasteiger partial charge in [0.05, 0.1) is 20.6 Å². The fourth-order valence-corrected chi connectivity index (χ4v) is 2.53. The molecule has 0 unspecified atom stereocenters. The molecule has 21 heavy (non-hydrogen) atoms. The summed E-state index contributed by atoms with van der Waals surface area (Å²) >= 11 is 0. The molecule has 1 saturated carbocycles. The maximum absolute atomic E-state index is 13.2. The van der Waals surface area contributed by atoms with Crippen molar-refractivity contribution in [1.29, 1.82) is 0 Å². The third-order valence-electron chi connectivity index (χ3n) is 3.72. The maximum atomic E-state index is 13.2. The first-order chi connectivity index (χ1) is 9.73. The summed E-state index contributed by atoms with van der Waals surface area (Å²) in [5.74, 6) is -1.33. The number of methoxy groups -OCH3 is 2. The minimum Gasteiger partial charge on any atom is -0.497 e. The van der Waals surface area contributed by atoms with Gasteiger partial charge in [-0.15, -0.1) is 0 Å². The van der Waals surface area contributed by atoms with E-state index in [4.69, 9.17) is 14.6 Å². The Hall–Kier alpha value is -1.92. The first-order valence-corrected chi connectivity index (χ1v) is 6.29. The summed E-state index contributed by atoms with van der Waals surface area (Å²) in [6, 6.07) is 2.29. The van der Waals surface area contributed by atoms with E-state index in [-0.39, 0.29) is 23.5 Å². The Morgan fingerprint density at radius 2 is 1.90 bits per heavy atom. The van der Waals surface area contributed by atoms with Gasteiger partial charge in [-0.3, -0.25) is 4.79 Å². The van der Waals surface area contributed by atoms with Gasteiger partial charge in [0.1, 0.15) is 17.1 Å². The number of ether oxygens (including phenoxy) is 2. The molecule has 0 atom stereocenters. The van der Waals surface area contributed by atoms with Gasteiger partial charge in [-0.25, -0.2) is 0 Å². The summed E-state index contributed by atoms with van der Waals surface area (Å²) in [7, 11) is 2.42. The third-order valence-corrected chi connectivity index (χ3v) is 3.72. The monoisotopic (exact) mass is 304 g/mol. The van der Waals surface area contributed by atoms with Crippen LogP contribution in [-0.4, -0.2) is 25.3 Å². The van der Waals surface area contributed by atoms with Gasteiger partial charge in [0, 0.05) is 11.0 Å². The topological polar surface area (TPSA) is 55.8 Å². The molecule has 0 amide bonds. The Kier molecular flexibility index (Phi) is 3.78. The van der Waals surface area contributed by atoms with Crippen molar-refractivity contribution in [2.75, 3.05) is 14.2 Å². The smallest absolute Gasteiger partial charge is 0.420 e. The van der Waals surface area contributed by atoms with Crippen LogP contribution in [0.2, 0.25) is 0 Å². The van der Waals surface area contributed by atoms with Crippen LogP contribution in [0.3, 0.4) is 0 Å². The van der Waals surface area contributed by atoms with Crippen molar-refractivity contribution in [3.8, 4) is 11.5 Å². The normalized spacial score (nSPS) is 16.4. The number of rotatable bonds is 5. The number of aliphatic carboxylic acids is 1. The second-order valence-electron chi connectivity index (χ2n) is 5.10. The molecule has 0 saturated heterocycles. The van der Waals surface area contributed by atoms with Gasteiger partial charge in [-0.05, 0) is 25.0 Å². The number of alkyl halides is 3. The highest BCUT2D eigenvalue weighted by atomic mass is 19.4. The Balaban J connectivity index is 2.62. The van der Waals surface area contributed by atoms with Gasteiger partial charge in [0.2, 0.25) is 0 Å². The van der Waals surface area contributed by atoms with Crippen molar-refractivity contribution in [3.63, 3.8) is 0 Å². The molecule has 2 rings (SSSR count). The summed E-state index contributed by atoms with van der Waals surface area (Å²) in [6.45, 7) is 0. The lowest BCUT2D eigenvalue weighted by molar-refractivity contribution is -0.139. The van der Waals surface area contributed by atoms with E-state index in [1.165, 1.54) is 13.2 Å². The van der Waals surface area contributed by atoms with Crippen LogP contribution < -0.4 is 9.47 Å². The fraction of sp³-hybridized carbons (Fsp3) is 0.500. The average molecular weight is 304 g/mol. The van der Waals surface area contributed by atoms with Gasteiger partial charge in [-0.1, -0.05) is 0 Å². The predicted octanol–water partition coefficient (Wildman–Crippen LogP) is 3.23. The summed E-state index contributed by atoms with van der Waals surface area (Å²) in [4.78, 5) is 11.0. The van der Waals surface area contributed by atoms with Crippen molar-refractivity contribution in [2.45, 2.75) is 30.9 Å². The lowest BCUT2D eigenvalue weighted by Gasteiger charge is -2.22. The Morgan fingerprint density at radius 3 is 2.29 bits per heavy atom. The number of carboxylic acid groups (broad SMARTS) is 1. The van der Waals surface area contributed by atoms with Crippen LogP contribution in [0.5, 0.6) is 11.5 Å². The lowest BCUT2D eigenvalue weighted by Crippen LogP contribution is -2.17. The quantitative estimate of drug-likeness (QED) is 0.907. The molecular formula is C14H15F3O4. The summed E-state index contributed by atoms with van der Waals surface area (Å²) in [5, 5.41) is 8.98. The van der Waals surface area contributed by atoms with Crippen LogP contribution >= 0.6 is 0 Å². The highest BCUT2D eigenvalue weighted by molar-refractivity contribution is 5.71. The Bertz CT molecular complexity index is 562. The van der Waals surface area contributed by atoms with E-state index in [1.54, 1.807) is 0 Å². The number of halogens is 3. The molecule has 0 bridgehead atoms. The van der Waals surface area contributed by atoms with E-state index < -0.39 is 23.1 Å². The molecule has 1 aliphatic carbocycles. The van der Waals surface area contributed by atoms with Crippen molar-refractivity contribution in [3.05, 3.63) is 23.3 Å². The molecule has 7 heteroatoms. The predicted molar refractivity (Wildman–Crippen MR) is 67.7 cm³/mol. The fourth-order valence-electron chi connectivity index (χ4n) is 2.53. The largest absolute Gasteiger partial charge is 0.497 e. The van der Waals surface area contributed by atoms with Crippen LogP contribution in [-0.2, 0) is 16.4 Å². The molecule has 1 aliphatic rings. The van der Waals surface area contributed by atoms with Crippen molar-refractivity contribution in [2.24, 2.45) is 0 Å². The highest BCUT2D eigenvalue weighted by Gasteiger charge is 2.50. The molecule has 0 radical (unpaired) electrons. The average Bonchev–Trinajstić information content (AvgIpc) is 3.15. The second kappa shape index (κ2) is 5.13. The number of hydrogen-bond acceptors (Lipinski definition) is 3. The minimum atomic E-state index is -4.60. The molecule has 1 aromatic rings. The number of carboxylic acids is 1. The maximum Gasteiger partial charge on any atom is 0.420 e. The summed E-state index contributed by atoms with van der Waals surface area (Å²) < 4.78 is 49.3. The third kappa shape index (κ3) is 2.91. The molecule has 0 aromatic heterocycles. The van der Waals surface area contributed by atoms with Crippen molar-refractivity contribution >= 4 is 5.97 Å². The highest BCUT2D eigenvalue weighted by Crippen LogP contribution is 2.56. The molecule has 1 fully saturated rings. The zero-order chi connectivity index (χ0) is 15.8. The number of carbonyl (C=O) groups is 1. The van der Waals surface area contributed by atoms with E-state index in [9.17, 15) is 18.0 Å². The standard InChI is InChI=1S/C14H15F3O4/c1-20-8-5-9(13(3-4-13)7-11(18)19)12(21-2)10(6-8)14(15,16)17/h5-6H,3-4,7H2,1-2H3,(H,18,19). The van der Waals surface area contributed by atoms with E-state index >= 15 is 0 Å². The van der Waals surface area contributed by atoms with Crippen molar-refractivity contribution < 1.29 is 32.5 Å². The van der Waals surface area contributed by atoms with Crippen LogP contribution in [0.25, 0.3) is 0 Å². The number of benzene rings is 1. The summed E-state index contributed by atoms with van der Waals surface area (Å²) in [5.41, 5.74) is -1.50. The van der Waals surface area contributed by atoms with Gasteiger partial charge >= 0.3 is 12.1 Å². The zero-order valence-electron chi connectivity index (χ0n) is 11.6. The van der Waals surface area contributed by atoms with Crippen molar-refractivity contribution in [1.82, 2.24) is 0 Å². The van der Waals surface area contributed by atoms with Crippen LogP contribution in [0.15, 0.2) is 12.1 Å². The molecule has 116 valence electrons. The van der Waals surface area contributed by atoms with Crippen LogP contribution in [0, 0.1) is 0 Å².